The summed E-state index contributed by atoms with van der Waals surface area (Å²) in [4.78, 5) is 61.1. The van der Waals surface area contributed by atoms with Crippen LogP contribution in [0.1, 0.15) is 106 Å². The van der Waals surface area contributed by atoms with E-state index in [2.05, 4.69) is 15.6 Å². The molecule has 0 spiro atoms. The van der Waals surface area contributed by atoms with Crippen LogP contribution in [0.3, 0.4) is 0 Å². The highest BCUT2D eigenvalue weighted by Gasteiger charge is 2.38. The van der Waals surface area contributed by atoms with Crippen LogP contribution >= 0.6 is 11.3 Å². The fourth-order valence-corrected chi connectivity index (χ4v) is 7.67. The monoisotopic (exact) mass is 797 g/mol. The van der Waals surface area contributed by atoms with Crippen LogP contribution in [-0.2, 0) is 31.7 Å². The Morgan fingerprint density at radius 3 is 2.31 bits per heavy atom. The first-order chi connectivity index (χ1) is 25.9. The molecular formula is C39H58F3N5O7S. The molecule has 55 heavy (non-hydrogen) atoms. The van der Waals surface area contributed by atoms with Gasteiger partial charge in [-0.1, -0.05) is 59.6 Å². The van der Waals surface area contributed by atoms with Crippen molar-refractivity contribution in [2.45, 2.75) is 116 Å². The van der Waals surface area contributed by atoms with Crippen LogP contribution in [0.25, 0.3) is 0 Å². The van der Waals surface area contributed by atoms with Gasteiger partial charge in [0.25, 0.3) is 5.91 Å². The van der Waals surface area contributed by atoms with Crippen molar-refractivity contribution in [1.82, 2.24) is 25.4 Å². The van der Waals surface area contributed by atoms with Gasteiger partial charge in [-0.2, -0.15) is 13.2 Å². The number of thiazole rings is 1. The van der Waals surface area contributed by atoms with E-state index in [1.54, 1.807) is 4.90 Å². The molecule has 12 nitrogen and oxygen atoms in total. The fraction of sp³-hybridized carbons (Fsp3) is 0.667. The van der Waals surface area contributed by atoms with E-state index >= 15 is 0 Å². The second-order valence-electron chi connectivity index (χ2n) is 15.1. The molecule has 0 radical (unpaired) electrons. The lowest BCUT2D eigenvalue weighted by atomic mass is 9.92. The summed E-state index contributed by atoms with van der Waals surface area (Å²) >= 11 is 1.06. The van der Waals surface area contributed by atoms with Crippen molar-refractivity contribution in [3.8, 4) is 0 Å². The normalized spacial score (nSPS) is 18.5. The van der Waals surface area contributed by atoms with Gasteiger partial charge in [-0.15, -0.1) is 11.3 Å². The number of alkyl halides is 3. The van der Waals surface area contributed by atoms with Crippen molar-refractivity contribution in [1.29, 1.82) is 0 Å². The van der Waals surface area contributed by atoms with Gasteiger partial charge in [-0.05, 0) is 68.8 Å². The quantitative estimate of drug-likeness (QED) is 0.135. The number of piperidine rings is 1. The molecule has 1 saturated heterocycles. The van der Waals surface area contributed by atoms with Crippen molar-refractivity contribution in [3.63, 3.8) is 0 Å². The zero-order valence-electron chi connectivity index (χ0n) is 32.9. The lowest BCUT2D eigenvalue weighted by Crippen LogP contribution is -2.59. The van der Waals surface area contributed by atoms with E-state index in [0.29, 0.717) is 18.4 Å². The number of aromatic nitrogens is 1. The number of methoxy groups -OCH3 is 1. The van der Waals surface area contributed by atoms with Crippen molar-refractivity contribution < 1.29 is 47.3 Å². The van der Waals surface area contributed by atoms with Crippen molar-refractivity contribution in [3.05, 3.63) is 51.5 Å². The third kappa shape index (κ3) is 13.2. The summed E-state index contributed by atoms with van der Waals surface area (Å²) in [6.45, 7) is 10.5. The van der Waals surface area contributed by atoms with Gasteiger partial charge in [0.1, 0.15) is 22.8 Å². The Balaban J connectivity index is 1.80. The van der Waals surface area contributed by atoms with Crippen molar-refractivity contribution in [2.24, 2.45) is 17.8 Å². The maximum absolute atomic E-state index is 14.4. The van der Waals surface area contributed by atoms with E-state index < -0.39 is 53.8 Å². The molecule has 3 amide bonds. The summed E-state index contributed by atoms with van der Waals surface area (Å²) in [6.07, 6.45) is -2.19. The zero-order valence-corrected chi connectivity index (χ0v) is 33.7. The Labute approximate surface area is 326 Å². The van der Waals surface area contributed by atoms with Crippen LogP contribution in [-0.4, -0.2) is 107 Å². The van der Waals surface area contributed by atoms with Crippen LogP contribution in [0.2, 0.25) is 0 Å². The minimum atomic E-state index is -4.51. The number of carbonyl (C=O) groups excluding carboxylic acids is 3. The SMILES string of the molecule is CCC(C)C(NC(=O)C1CCCCN1C)C(=O)N(CCOC)[C@H](C[C@@H](O)c1nc(C(=O)N[C@@H](Cc2ccc(C(F)(F)F)cc2)C[C@H](C)C(=O)O)cs1)C(C)C. The number of carboxylic acid groups (broad SMARTS) is 1. The summed E-state index contributed by atoms with van der Waals surface area (Å²) in [6, 6.07) is 2.12. The van der Waals surface area contributed by atoms with Gasteiger partial charge in [0.05, 0.1) is 24.1 Å². The fourth-order valence-electron chi connectivity index (χ4n) is 6.88. The predicted molar refractivity (Wildman–Crippen MR) is 203 cm³/mol. The lowest BCUT2D eigenvalue weighted by molar-refractivity contribution is -0.143. The number of ether oxygens (including phenoxy) is 1. The number of likely N-dealkylation sites (tertiary alicyclic amines) is 1. The number of rotatable bonds is 20. The maximum Gasteiger partial charge on any atom is 0.416 e. The lowest BCUT2D eigenvalue weighted by Gasteiger charge is -2.39. The largest absolute Gasteiger partial charge is 0.481 e. The molecule has 1 fully saturated rings. The second-order valence-corrected chi connectivity index (χ2v) is 16.0. The first kappa shape index (κ1) is 45.8. The molecule has 3 rings (SSSR count). The number of amides is 3. The van der Waals surface area contributed by atoms with E-state index in [1.165, 1.54) is 31.5 Å². The number of carbonyl (C=O) groups is 4. The number of aliphatic hydroxyl groups excluding tert-OH is 1. The molecule has 4 N–H and O–H groups in total. The average molecular weight is 798 g/mol. The third-order valence-electron chi connectivity index (χ3n) is 10.5. The predicted octanol–water partition coefficient (Wildman–Crippen LogP) is 5.55. The van der Waals surface area contributed by atoms with Crippen LogP contribution in [0.15, 0.2) is 29.6 Å². The molecule has 2 heterocycles. The van der Waals surface area contributed by atoms with Gasteiger partial charge in [0.2, 0.25) is 11.8 Å². The number of hydrogen-bond donors (Lipinski definition) is 4. The van der Waals surface area contributed by atoms with Crippen molar-refractivity contribution >= 4 is 35.0 Å². The van der Waals surface area contributed by atoms with E-state index in [1.807, 2.05) is 39.6 Å². The number of benzene rings is 1. The highest BCUT2D eigenvalue weighted by Crippen LogP contribution is 2.31. The summed E-state index contributed by atoms with van der Waals surface area (Å²) in [5.41, 5.74) is -0.353. The molecular weight excluding hydrogens is 740 g/mol. The van der Waals surface area contributed by atoms with Crippen LogP contribution < -0.4 is 10.6 Å². The topological polar surface area (TPSA) is 161 Å². The van der Waals surface area contributed by atoms with Gasteiger partial charge in [-0.25, -0.2) is 4.98 Å². The smallest absolute Gasteiger partial charge is 0.416 e. The van der Waals surface area contributed by atoms with Gasteiger partial charge in [0, 0.05) is 37.5 Å². The summed E-state index contributed by atoms with van der Waals surface area (Å²) in [7, 11) is 3.45. The minimum Gasteiger partial charge on any atom is -0.481 e. The molecule has 1 aliphatic heterocycles. The number of carboxylic acids is 1. The molecule has 1 aliphatic rings. The van der Waals surface area contributed by atoms with E-state index in [4.69, 9.17) is 4.74 Å². The number of halogens is 3. The second kappa shape index (κ2) is 21.1. The van der Waals surface area contributed by atoms with Crippen molar-refractivity contribution in [2.75, 3.05) is 33.9 Å². The Hall–Kier alpha value is -3.60. The number of hydrogen-bond acceptors (Lipinski definition) is 9. The minimum absolute atomic E-state index is 0.0125. The molecule has 2 aromatic rings. The molecule has 0 bridgehead atoms. The van der Waals surface area contributed by atoms with Gasteiger partial charge >= 0.3 is 12.1 Å². The third-order valence-corrected chi connectivity index (χ3v) is 11.4. The molecule has 0 aliphatic carbocycles. The summed E-state index contributed by atoms with van der Waals surface area (Å²) < 4.78 is 44.7. The first-order valence-corrected chi connectivity index (χ1v) is 19.9. The summed E-state index contributed by atoms with van der Waals surface area (Å²) in [5, 5.41) is 28.6. The Morgan fingerprint density at radius 2 is 1.75 bits per heavy atom. The molecule has 1 aromatic carbocycles. The van der Waals surface area contributed by atoms with Crippen LogP contribution in [0.5, 0.6) is 0 Å². The van der Waals surface area contributed by atoms with Gasteiger partial charge in [0.15, 0.2) is 0 Å². The molecule has 308 valence electrons. The van der Waals surface area contributed by atoms with E-state index in [0.717, 1.165) is 42.9 Å². The van der Waals surface area contributed by atoms with E-state index in [9.17, 15) is 42.6 Å². The molecule has 7 atom stereocenters. The number of nitrogens with zero attached hydrogens (tertiary/aromatic N) is 3. The number of aliphatic hydroxyl groups is 1. The number of nitrogens with one attached hydrogen (secondary N) is 2. The molecule has 0 saturated carbocycles. The Kier molecular flexibility index (Phi) is 17.5. The molecule has 16 heteroatoms. The Bertz CT molecular complexity index is 1560. The molecule has 3 unspecified atom stereocenters. The van der Waals surface area contributed by atoms with Gasteiger partial charge < -0.3 is 30.5 Å². The highest BCUT2D eigenvalue weighted by atomic mass is 32.1. The number of likely N-dealkylation sites (N-methyl/N-ethyl adjacent to an activating group) is 1. The average Bonchev–Trinajstić information content (AvgIpc) is 3.64. The zero-order chi connectivity index (χ0) is 41.0. The van der Waals surface area contributed by atoms with Crippen LogP contribution in [0, 0.1) is 17.8 Å². The Morgan fingerprint density at radius 1 is 1.07 bits per heavy atom. The van der Waals surface area contributed by atoms with Crippen LogP contribution in [0.4, 0.5) is 13.2 Å². The maximum atomic E-state index is 14.4. The standard InChI is InChI=1S/C39H58F3N5O7S/c1-8-24(4)33(45-35(50)30-11-9-10-16-46(30)6)37(51)47(17-18-54-7)31(23(2)3)21-32(48)36-44-29(22-55-36)34(49)43-28(19-25(5)38(52)53)20-26-12-14-27(15-13-26)39(40,41)42/h12-15,22-25,28,30-33,48H,8-11,16-21H2,1-7H3,(H,43,49)(H,45,50)(H,52,53)/t24?,25-,28+,30?,31+,32+,33?/m0/s1. The van der Waals surface area contributed by atoms with E-state index in [-0.39, 0.29) is 72.8 Å². The molecule has 1 aromatic heterocycles. The highest BCUT2D eigenvalue weighted by molar-refractivity contribution is 7.09. The summed E-state index contributed by atoms with van der Waals surface area (Å²) in [5.74, 6) is -3.31. The number of aliphatic carboxylic acids is 1. The van der Waals surface area contributed by atoms with Gasteiger partial charge in [-0.3, -0.25) is 24.1 Å². The first-order valence-electron chi connectivity index (χ1n) is 19.0.